The standard InChI is InChI=1S/C13H16N4S/c1-2-6-11(7-3-1)18-13-16-15-10-17(13)12-8-4-5-9-14-12/h4-5,8-11H,1-3,6-7H2. The normalized spacial score (nSPS) is 16.9. The molecule has 0 aromatic carbocycles. The second kappa shape index (κ2) is 5.52. The Labute approximate surface area is 111 Å². The van der Waals surface area contributed by atoms with Crippen LogP contribution in [0, 0.1) is 0 Å². The number of hydrogen-bond donors (Lipinski definition) is 0. The van der Waals surface area contributed by atoms with Gasteiger partial charge in [-0.25, -0.2) is 4.98 Å². The minimum absolute atomic E-state index is 0.686. The van der Waals surface area contributed by atoms with Crippen molar-refractivity contribution in [2.75, 3.05) is 0 Å². The maximum absolute atomic E-state index is 4.34. The van der Waals surface area contributed by atoms with Crippen LogP contribution in [0.25, 0.3) is 5.82 Å². The highest BCUT2D eigenvalue weighted by atomic mass is 32.2. The SMILES string of the molecule is c1ccc(-n2cnnc2SC2CCCCC2)nc1. The molecule has 0 spiro atoms. The van der Waals surface area contributed by atoms with Gasteiger partial charge in [-0.15, -0.1) is 10.2 Å². The summed E-state index contributed by atoms with van der Waals surface area (Å²) >= 11 is 1.84. The largest absolute Gasteiger partial charge is 0.260 e. The maximum Gasteiger partial charge on any atom is 0.197 e. The molecule has 0 atom stereocenters. The Morgan fingerprint density at radius 2 is 2.06 bits per heavy atom. The summed E-state index contributed by atoms with van der Waals surface area (Å²) < 4.78 is 1.97. The first kappa shape index (κ1) is 11.7. The van der Waals surface area contributed by atoms with Gasteiger partial charge in [-0.1, -0.05) is 37.1 Å². The Kier molecular flexibility index (Phi) is 3.59. The predicted octanol–water partition coefficient (Wildman–Crippen LogP) is 3.09. The molecule has 94 valence electrons. The van der Waals surface area contributed by atoms with E-state index in [0.717, 1.165) is 11.0 Å². The monoisotopic (exact) mass is 260 g/mol. The van der Waals surface area contributed by atoms with Crippen LogP contribution in [-0.4, -0.2) is 25.0 Å². The highest BCUT2D eigenvalue weighted by molar-refractivity contribution is 7.99. The van der Waals surface area contributed by atoms with E-state index in [0.29, 0.717) is 5.25 Å². The molecule has 1 aliphatic rings. The van der Waals surface area contributed by atoms with Crippen LogP contribution in [-0.2, 0) is 0 Å². The Hall–Kier alpha value is -1.36. The van der Waals surface area contributed by atoms with Gasteiger partial charge in [-0.3, -0.25) is 4.57 Å². The molecule has 0 aliphatic heterocycles. The smallest absolute Gasteiger partial charge is 0.197 e. The Morgan fingerprint density at radius 1 is 1.17 bits per heavy atom. The van der Waals surface area contributed by atoms with Gasteiger partial charge in [0, 0.05) is 11.4 Å². The molecule has 2 aromatic heterocycles. The van der Waals surface area contributed by atoms with E-state index in [2.05, 4.69) is 15.2 Å². The van der Waals surface area contributed by atoms with Crippen LogP contribution >= 0.6 is 11.8 Å². The molecule has 5 heteroatoms. The first-order valence-electron chi connectivity index (χ1n) is 6.41. The van der Waals surface area contributed by atoms with Gasteiger partial charge >= 0.3 is 0 Å². The third kappa shape index (κ3) is 2.56. The zero-order valence-electron chi connectivity index (χ0n) is 10.2. The lowest BCUT2D eigenvalue weighted by molar-refractivity contribution is 0.515. The summed E-state index contributed by atoms with van der Waals surface area (Å²) in [5.41, 5.74) is 0. The molecular formula is C13H16N4S. The first-order chi connectivity index (χ1) is 8.93. The van der Waals surface area contributed by atoms with E-state index >= 15 is 0 Å². The van der Waals surface area contributed by atoms with Crippen LogP contribution in [0.4, 0.5) is 0 Å². The van der Waals surface area contributed by atoms with Crippen molar-refractivity contribution < 1.29 is 0 Å². The van der Waals surface area contributed by atoms with Crippen LogP contribution in [0.1, 0.15) is 32.1 Å². The molecule has 1 fully saturated rings. The van der Waals surface area contributed by atoms with Crippen LogP contribution in [0.3, 0.4) is 0 Å². The molecule has 0 saturated heterocycles. The Balaban J connectivity index is 1.79. The van der Waals surface area contributed by atoms with Gasteiger partial charge in [0.25, 0.3) is 0 Å². The topological polar surface area (TPSA) is 43.6 Å². The summed E-state index contributed by atoms with van der Waals surface area (Å²) in [6.45, 7) is 0. The maximum atomic E-state index is 4.34. The van der Waals surface area contributed by atoms with Crippen LogP contribution in [0.2, 0.25) is 0 Å². The van der Waals surface area contributed by atoms with Gasteiger partial charge in [0.1, 0.15) is 12.1 Å². The molecule has 18 heavy (non-hydrogen) atoms. The summed E-state index contributed by atoms with van der Waals surface area (Å²) in [6.07, 6.45) is 10.2. The second-order valence-corrected chi connectivity index (χ2v) is 5.82. The minimum atomic E-state index is 0.686. The fraction of sp³-hybridized carbons (Fsp3) is 0.462. The number of aromatic nitrogens is 4. The lowest BCUT2D eigenvalue weighted by atomic mass is 10.0. The molecule has 3 rings (SSSR count). The number of hydrogen-bond acceptors (Lipinski definition) is 4. The van der Waals surface area contributed by atoms with E-state index < -0.39 is 0 Å². The number of nitrogens with zero attached hydrogens (tertiary/aromatic N) is 4. The van der Waals surface area contributed by atoms with Crippen molar-refractivity contribution >= 4 is 11.8 Å². The molecule has 2 aromatic rings. The highest BCUT2D eigenvalue weighted by Gasteiger charge is 2.18. The summed E-state index contributed by atoms with van der Waals surface area (Å²) in [5.74, 6) is 0.890. The quantitative estimate of drug-likeness (QED) is 0.850. The molecular weight excluding hydrogens is 244 g/mol. The summed E-state index contributed by atoms with van der Waals surface area (Å²) in [7, 11) is 0. The van der Waals surface area contributed by atoms with Crippen LogP contribution < -0.4 is 0 Å². The van der Waals surface area contributed by atoms with Gasteiger partial charge in [0.2, 0.25) is 0 Å². The number of thioether (sulfide) groups is 1. The molecule has 4 nitrogen and oxygen atoms in total. The third-order valence-corrected chi connectivity index (χ3v) is 4.53. The van der Waals surface area contributed by atoms with Crippen molar-refractivity contribution in [3.63, 3.8) is 0 Å². The van der Waals surface area contributed by atoms with Gasteiger partial charge < -0.3 is 0 Å². The van der Waals surface area contributed by atoms with Crippen molar-refractivity contribution in [1.29, 1.82) is 0 Å². The van der Waals surface area contributed by atoms with E-state index in [-0.39, 0.29) is 0 Å². The van der Waals surface area contributed by atoms with Crippen molar-refractivity contribution in [1.82, 2.24) is 19.7 Å². The van der Waals surface area contributed by atoms with E-state index in [1.54, 1.807) is 12.5 Å². The van der Waals surface area contributed by atoms with E-state index in [9.17, 15) is 0 Å². The highest BCUT2D eigenvalue weighted by Crippen LogP contribution is 2.32. The van der Waals surface area contributed by atoms with Crippen LogP contribution in [0.5, 0.6) is 0 Å². The number of pyridine rings is 1. The van der Waals surface area contributed by atoms with Gasteiger partial charge in [0.05, 0.1) is 0 Å². The first-order valence-corrected chi connectivity index (χ1v) is 7.29. The van der Waals surface area contributed by atoms with Crippen molar-refractivity contribution in [3.05, 3.63) is 30.7 Å². The van der Waals surface area contributed by atoms with Gasteiger partial charge in [0.15, 0.2) is 5.16 Å². The molecule has 1 saturated carbocycles. The average Bonchev–Trinajstić information content (AvgIpc) is 2.89. The molecule has 1 aliphatic carbocycles. The molecule has 0 amide bonds. The summed E-state index contributed by atoms with van der Waals surface area (Å²) in [5, 5.41) is 9.88. The van der Waals surface area contributed by atoms with E-state index in [1.165, 1.54) is 32.1 Å². The van der Waals surface area contributed by atoms with E-state index in [4.69, 9.17) is 0 Å². The Morgan fingerprint density at radius 3 is 2.83 bits per heavy atom. The fourth-order valence-corrected chi connectivity index (χ4v) is 3.51. The number of rotatable bonds is 3. The van der Waals surface area contributed by atoms with Crippen molar-refractivity contribution in [3.8, 4) is 5.82 Å². The zero-order valence-corrected chi connectivity index (χ0v) is 11.0. The van der Waals surface area contributed by atoms with Gasteiger partial charge in [-0.2, -0.15) is 0 Å². The molecule has 0 radical (unpaired) electrons. The predicted molar refractivity (Wildman–Crippen MR) is 71.9 cm³/mol. The molecule has 0 N–H and O–H groups in total. The van der Waals surface area contributed by atoms with E-state index in [1.807, 2.05) is 34.5 Å². The third-order valence-electron chi connectivity index (χ3n) is 3.24. The van der Waals surface area contributed by atoms with Crippen molar-refractivity contribution in [2.45, 2.75) is 42.5 Å². The van der Waals surface area contributed by atoms with Crippen LogP contribution in [0.15, 0.2) is 35.9 Å². The van der Waals surface area contributed by atoms with Crippen molar-refractivity contribution in [2.24, 2.45) is 0 Å². The van der Waals surface area contributed by atoms with Gasteiger partial charge in [-0.05, 0) is 25.0 Å². The Bertz CT molecular complexity index is 491. The second-order valence-electron chi connectivity index (χ2n) is 4.55. The average molecular weight is 260 g/mol. The zero-order chi connectivity index (χ0) is 12.2. The minimum Gasteiger partial charge on any atom is -0.260 e. The summed E-state index contributed by atoms with van der Waals surface area (Å²) in [6, 6.07) is 5.88. The lowest BCUT2D eigenvalue weighted by Gasteiger charge is -2.20. The summed E-state index contributed by atoms with van der Waals surface area (Å²) in [4.78, 5) is 4.34. The molecule has 0 bridgehead atoms. The lowest BCUT2D eigenvalue weighted by Crippen LogP contribution is -2.09. The molecule has 0 unspecified atom stereocenters. The molecule has 2 heterocycles. The fourth-order valence-electron chi connectivity index (χ4n) is 2.29.